The lowest BCUT2D eigenvalue weighted by Crippen LogP contribution is -2.38. The van der Waals surface area contributed by atoms with Crippen LogP contribution in [0.5, 0.6) is 0 Å². The predicted molar refractivity (Wildman–Crippen MR) is 87.3 cm³/mol. The van der Waals surface area contributed by atoms with Crippen molar-refractivity contribution in [2.75, 3.05) is 13.1 Å². The molecule has 3 heterocycles. The Hall–Kier alpha value is -1.51. The minimum Gasteiger partial charge on any atom is -0.388 e. The Morgan fingerprint density at radius 1 is 1.26 bits per heavy atom. The van der Waals surface area contributed by atoms with E-state index in [1.54, 1.807) is 0 Å². The molecule has 2 fully saturated rings. The highest BCUT2D eigenvalue weighted by Gasteiger charge is 2.29. The first-order chi connectivity index (χ1) is 11.3. The maximum absolute atomic E-state index is 9.54. The summed E-state index contributed by atoms with van der Waals surface area (Å²) in [4.78, 5) is 2.37. The first kappa shape index (κ1) is 15.0. The van der Waals surface area contributed by atoms with E-state index in [-0.39, 0.29) is 6.61 Å². The Balaban J connectivity index is 1.50. The smallest absolute Gasteiger partial charge is 0.199 e. The molecule has 124 valence electrons. The van der Waals surface area contributed by atoms with Crippen LogP contribution in [0.15, 0.2) is 18.5 Å². The molecule has 2 aromatic heterocycles. The van der Waals surface area contributed by atoms with Gasteiger partial charge in [0.1, 0.15) is 6.61 Å². The minimum absolute atomic E-state index is 0.0525. The summed E-state index contributed by atoms with van der Waals surface area (Å²) in [5, 5.41) is 18.4. The highest BCUT2D eigenvalue weighted by molar-refractivity contribution is 7.71. The van der Waals surface area contributed by atoms with Crippen molar-refractivity contribution in [2.24, 2.45) is 0 Å². The largest absolute Gasteiger partial charge is 0.388 e. The standard InChI is InChI=1S/C15H22N6OS/c22-10-14-17-20(15(23)21(14)12-4-5-12)11-18-7-1-3-13(9-18)19-8-2-6-16-19/h2,6,8,12-13,22H,1,3-5,7,9-11H2. The molecule has 1 atom stereocenters. The third kappa shape index (κ3) is 2.98. The van der Waals surface area contributed by atoms with Crippen molar-refractivity contribution in [2.45, 2.75) is 51.0 Å². The lowest BCUT2D eigenvalue weighted by atomic mass is 10.1. The van der Waals surface area contributed by atoms with Crippen LogP contribution < -0.4 is 0 Å². The van der Waals surface area contributed by atoms with Gasteiger partial charge in [0.15, 0.2) is 10.6 Å². The Kier molecular flexibility index (Phi) is 4.04. The Labute approximate surface area is 140 Å². The maximum Gasteiger partial charge on any atom is 0.199 e. The average molecular weight is 334 g/mol. The van der Waals surface area contributed by atoms with Crippen molar-refractivity contribution in [1.82, 2.24) is 29.0 Å². The second kappa shape index (κ2) is 6.18. The predicted octanol–water partition coefficient (Wildman–Crippen LogP) is 1.73. The molecule has 1 saturated heterocycles. The van der Waals surface area contributed by atoms with Crippen LogP contribution in [0.4, 0.5) is 0 Å². The quantitative estimate of drug-likeness (QED) is 0.844. The molecule has 2 aromatic rings. The zero-order chi connectivity index (χ0) is 15.8. The fourth-order valence-electron chi connectivity index (χ4n) is 3.43. The van der Waals surface area contributed by atoms with Gasteiger partial charge in [-0.2, -0.15) is 10.2 Å². The van der Waals surface area contributed by atoms with Gasteiger partial charge in [-0.1, -0.05) is 0 Å². The van der Waals surface area contributed by atoms with Crippen molar-refractivity contribution in [1.29, 1.82) is 0 Å². The third-order valence-corrected chi connectivity index (χ3v) is 5.12. The molecule has 1 aliphatic heterocycles. The molecule has 0 amide bonds. The van der Waals surface area contributed by atoms with Crippen LogP contribution in [-0.4, -0.2) is 47.2 Å². The summed E-state index contributed by atoms with van der Waals surface area (Å²) >= 11 is 5.58. The van der Waals surface area contributed by atoms with Gasteiger partial charge in [-0.25, -0.2) is 4.68 Å². The third-order valence-electron chi connectivity index (χ3n) is 4.71. The topological polar surface area (TPSA) is 64.0 Å². The molecule has 4 rings (SSSR count). The molecule has 8 heteroatoms. The van der Waals surface area contributed by atoms with Crippen LogP contribution in [0.25, 0.3) is 0 Å². The Morgan fingerprint density at radius 3 is 2.83 bits per heavy atom. The average Bonchev–Trinajstić information content (AvgIpc) is 3.14. The van der Waals surface area contributed by atoms with Crippen molar-refractivity contribution < 1.29 is 5.11 Å². The van der Waals surface area contributed by atoms with Gasteiger partial charge < -0.3 is 5.11 Å². The van der Waals surface area contributed by atoms with Gasteiger partial charge in [-0.15, -0.1) is 0 Å². The molecule has 1 N–H and O–H groups in total. The number of aliphatic hydroxyl groups excluding tert-OH is 1. The summed E-state index contributed by atoms with van der Waals surface area (Å²) in [6, 6.07) is 2.83. The van der Waals surface area contributed by atoms with E-state index in [4.69, 9.17) is 12.2 Å². The van der Waals surface area contributed by atoms with Crippen LogP contribution in [-0.2, 0) is 13.3 Å². The number of likely N-dealkylation sites (tertiary alicyclic amines) is 1. The second-order valence-electron chi connectivity index (χ2n) is 6.46. The van der Waals surface area contributed by atoms with E-state index in [9.17, 15) is 5.11 Å². The summed E-state index contributed by atoms with van der Waals surface area (Å²) in [5.41, 5.74) is 0. The molecule has 0 bridgehead atoms. The number of hydrogen-bond donors (Lipinski definition) is 1. The van der Waals surface area contributed by atoms with Crippen molar-refractivity contribution in [3.63, 3.8) is 0 Å². The summed E-state index contributed by atoms with van der Waals surface area (Å²) in [6.45, 7) is 2.63. The Bertz CT molecular complexity index is 717. The Morgan fingerprint density at radius 2 is 2.13 bits per heavy atom. The van der Waals surface area contributed by atoms with Gasteiger partial charge >= 0.3 is 0 Å². The molecular formula is C15H22N6OS. The zero-order valence-electron chi connectivity index (χ0n) is 13.1. The van der Waals surface area contributed by atoms with E-state index < -0.39 is 0 Å². The van der Waals surface area contributed by atoms with Crippen molar-refractivity contribution in [3.05, 3.63) is 29.1 Å². The number of aliphatic hydroxyl groups is 1. The second-order valence-corrected chi connectivity index (χ2v) is 6.82. The molecule has 1 unspecified atom stereocenters. The molecule has 0 radical (unpaired) electrons. The normalized spacial score (nSPS) is 22.6. The summed E-state index contributed by atoms with van der Waals surface area (Å²) in [7, 11) is 0. The number of hydrogen-bond acceptors (Lipinski definition) is 5. The lowest BCUT2D eigenvalue weighted by molar-refractivity contribution is 0.128. The SMILES string of the molecule is OCc1nn(CN2CCCC(n3cccn3)C2)c(=S)n1C1CC1. The van der Waals surface area contributed by atoms with Gasteiger partial charge in [-0.05, 0) is 44.0 Å². The number of nitrogens with zero attached hydrogens (tertiary/aromatic N) is 6. The first-order valence-electron chi connectivity index (χ1n) is 8.27. The van der Waals surface area contributed by atoms with Crippen molar-refractivity contribution >= 4 is 12.2 Å². The molecule has 2 aliphatic rings. The number of rotatable bonds is 5. The fraction of sp³-hybridized carbons (Fsp3) is 0.667. The van der Waals surface area contributed by atoms with Gasteiger partial charge in [0, 0.05) is 31.5 Å². The van der Waals surface area contributed by atoms with Crippen LogP contribution in [0.3, 0.4) is 0 Å². The van der Waals surface area contributed by atoms with E-state index in [0.29, 0.717) is 24.6 Å². The lowest BCUT2D eigenvalue weighted by Gasteiger charge is -2.32. The van der Waals surface area contributed by atoms with Crippen LogP contribution in [0, 0.1) is 4.77 Å². The molecule has 0 spiro atoms. The molecule has 1 saturated carbocycles. The van der Waals surface area contributed by atoms with E-state index >= 15 is 0 Å². The van der Waals surface area contributed by atoms with E-state index in [0.717, 1.165) is 43.5 Å². The van der Waals surface area contributed by atoms with Crippen LogP contribution >= 0.6 is 12.2 Å². The number of piperidine rings is 1. The van der Waals surface area contributed by atoms with Crippen molar-refractivity contribution in [3.8, 4) is 0 Å². The summed E-state index contributed by atoms with van der Waals surface area (Å²) < 4.78 is 6.68. The molecule has 1 aliphatic carbocycles. The zero-order valence-corrected chi connectivity index (χ0v) is 13.9. The van der Waals surface area contributed by atoms with Gasteiger partial charge in [0.25, 0.3) is 0 Å². The van der Waals surface area contributed by atoms with E-state index in [1.807, 2.05) is 32.4 Å². The highest BCUT2D eigenvalue weighted by atomic mass is 32.1. The van der Waals surface area contributed by atoms with Crippen LogP contribution in [0.2, 0.25) is 0 Å². The monoisotopic (exact) mass is 334 g/mol. The summed E-state index contributed by atoms with van der Waals surface area (Å²) in [5.74, 6) is 0.693. The maximum atomic E-state index is 9.54. The van der Waals surface area contributed by atoms with E-state index in [2.05, 4.69) is 15.1 Å². The fourth-order valence-corrected chi connectivity index (χ4v) is 3.78. The number of aromatic nitrogens is 5. The molecule has 0 aromatic carbocycles. The van der Waals surface area contributed by atoms with Gasteiger partial charge in [0.05, 0.1) is 12.7 Å². The minimum atomic E-state index is -0.0525. The van der Waals surface area contributed by atoms with Gasteiger partial charge in [0.2, 0.25) is 0 Å². The van der Waals surface area contributed by atoms with Gasteiger partial charge in [-0.3, -0.25) is 14.1 Å². The first-order valence-corrected chi connectivity index (χ1v) is 8.67. The highest BCUT2D eigenvalue weighted by Crippen LogP contribution is 2.36. The molecule has 7 nitrogen and oxygen atoms in total. The molecular weight excluding hydrogens is 312 g/mol. The molecule has 23 heavy (non-hydrogen) atoms. The van der Waals surface area contributed by atoms with E-state index in [1.165, 1.54) is 0 Å². The van der Waals surface area contributed by atoms with Crippen LogP contribution in [0.1, 0.15) is 43.6 Å². The summed E-state index contributed by atoms with van der Waals surface area (Å²) in [6.07, 6.45) is 8.44.